The Balaban J connectivity index is 4.84. The van der Waals surface area contributed by atoms with Crippen molar-refractivity contribution in [1.29, 1.82) is 0 Å². The van der Waals surface area contributed by atoms with Crippen LogP contribution in [0.3, 0.4) is 0 Å². The van der Waals surface area contributed by atoms with Crippen LogP contribution >= 0.6 is 0 Å². The number of carbonyl (C=O) groups is 1. The van der Waals surface area contributed by atoms with Gasteiger partial charge in [-0.1, -0.05) is 58.6 Å². The van der Waals surface area contributed by atoms with Crippen molar-refractivity contribution < 1.29 is 4.79 Å². The first-order valence-electron chi connectivity index (χ1n) is 7.32. The minimum absolute atomic E-state index is 0.401. The van der Waals surface area contributed by atoms with Gasteiger partial charge in [-0.3, -0.25) is 4.79 Å². The van der Waals surface area contributed by atoms with Gasteiger partial charge in [-0.25, -0.2) is 0 Å². The summed E-state index contributed by atoms with van der Waals surface area (Å²) in [7, 11) is 0. The molecule has 0 aliphatic heterocycles. The lowest BCUT2D eigenvalue weighted by Gasteiger charge is -2.20. The van der Waals surface area contributed by atoms with E-state index in [4.69, 9.17) is 0 Å². The molecule has 0 spiro atoms. The van der Waals surface area contributed by atoms with Crippen LogP contribution in [0.15, 0.2) is 11.1 Å². The molecule has 0 radical (unpaired) electrons. The maximum absolute atomic E-state index is 11.6. The van der Waals surface area contributed by atoms with Crippen LogP contribution in [0.4, 0.5) is 0 Å². The van der Waals surface area contributed by atoms with E-state index in [-0.39, 0.29) is 0 Å². The van der Waals surface area contributed by atoms with Crippen molar-refractivity contribution in [3.05, 3.63) is 11.1 Å². The lowest BCUT2D eigenvalue weighted by atomic mass is 9.86. The van der Waals surface area contributed by atoms with Crippen molar-refractivity contribution in [2.24, 2.45) is 5.92 Å². The highest BCUT2D eigenvalue weighted by atomic mass is 16.1. The molecular formula is C16H30O. The molecule has 0 aromatic carbocycles. The molecule has 0 heterocycles. The fourth-order valence-electron chi connectivity index (χ4n) is 2.52. The van der Waals surface area contributed by atoms with Crippen LogP contribution < -0.4 is 0 Å². The number of allylic oxidation sites excluding steroid dienone is 2. The molecule has 0 amide bonds. The summed E-state index contributed by atoms with van der Waals surface area (Å²) in [5.41, 5.74) is 3.17. The maximum Gasteiger partial charge on any atom is 0.133 e. The average Bonchev–Trinajstić information content (AvgIpc) is 2.33. The summed E-state index contributed by atoms with van der Waals surface area (Å²) in [5, 5.41) is 0. The van der Waals surface area contributed by atoms with Crippen LogP contribution in [0.1, 0.15) is 79.6 Å². The van der Waals surface area contributed by atoms with Crippen LogP contribution in [0, 0.1) is 5.92 Å². The predicted octanol–water partition coefficient (Wildman–Crippen LogP) is 5.30. The average molecular weight is 238 g/mol. The SMILES string of the molecule is CCC/C(CC)=C(\CCC)C(C)CC(=O)CC. The van der Waals surface area contributed by atoms with Crippen LogP contribution in [0.5, 0.6) is 0 Å². The zero-order valence-electron chi connectivity index (χ0n) is 12.4. The van der Waals surface area contributed by atoms with Crippen molar-refractivity contribution in [2.75, 3.05) is 0 Å². The van der Waals surface area contributed by atoms with Gasteiger partial charge in [0.05, 0.1) is 0 Å². The fraction of sp³-hybridized carbons (Fsp3) is 0.812. The Morgan fingerprint density at radius 3 is 1.94 bits per heavy atom. The van der Waals surface area contributed by atoms with Gasteiger partial charge in [0.25, 0.3) is 0 Å². The van der Waals surface area contributed by atoms with Gasteiger partial charge in [0, 0.05) is 12.8 Å². The summed E-state index contributed by atoms with van der Waals surface area (Å²) in [5.74, 6) is 0.849. The summed E-state index contributed by atoms with van der Waals surface area (Å²) in [6.45, 7) is 10.9. The smallest absolute Gasteiger partial charge is 0.133 e. The van der Waals surface area contributed by atoms with Crippen LogP contribution in [-0.2, 0) is 4.79 Å². The van der Waals surface area contributed by atoms with Crippen molar-refractivity contribution in [1.82, 2.24) is 0 Å². The van der Waals surface area contributed by atoms with Crippen molar-refractivity contribution in [3.8, 4) is 0 Å². The highest BCUT2D eigenvalue weighted by molar-refractivity contribution is 5.78. The zero-order valence-corrected chi connectivity index (χ0v) is 12.4. The molecule has 0 N–H and O–H groups in total. The van der Waals surface area contributed by atoms with Crippen molar-refractivity contribution in [2.45, 2.75) is 79.6 Å². The van der Waals surface area contributed by atoms with Gasteiger partial charge in [0.2, 0.25) is 0 Å². The van der Waals surface area contributed by atoms with Gasteiger partial charge < -0.3 is 0 Å². The molecule has 1 heteroatoms. The second-order valence-electron chi connectivity index (χ2n) is 4.98. The number of Topliss-reactive ketones (excluding diaryl/α,β-unsaturated/α-hetero) is 1. The highest BCUT2D eigenvalue weighted by Crippen LogP contribution is 2.28. The Labute approximate surface area is 108 Å². The Bertz CT molecular complexity index is 250. The van der Waals surface area contributed by atoms with Gasteiger partial charge in [-0.15, -0.1) is 0 Å². The molecule has 17 heavy (non-hydrogen) atoms. The zero-order chi connectivity index (χ0) is 13.3. The maximum atomic E-state index is 11.6. The monoisotopic (exact) mass is 238 g/mol. The number of hydrogen-bond donors (Lipinski definition) is 0. The van der Waals surface area contributed by atoms with E-state index in [1.54, 1.807) is 11.1 Å². The first kappa shape index (κ1) is 16.4. The number of ketones is 1. The normalized spacial score (nSPS) is 14.4. The molecule has 1 nitrogen and oxygen atoms in total. The Kier molecular flexibility index (Phi) is 9.11. The van der Waals surface area contributed by atoms with E-state index in [0.717, 1.165) is 12.8 Å². The van der Waals surface area contributed by atoms with E-state index in [1.165, 1.54) is 25.7 Å². The largest absolute Gasteiger partial charge is 0.300 e. The summed E-state index contributed by atoms with van der Waals surface area (Å²) >= 11 is 0. The molecule has 0 fully saturated rings. The van der Waals surface area contributed by atoms with Crippen LogP contribution in [0.25, 0.3) is 0 Å². The number of hydrogen-bond acceptors (Lipinski definition) is 1. The molecular weight excluding hydrogens is 208 g/mol. The molecule has 0 saturated heterocycles. The topological polar surface area (TPSA) is 17.1 Å². The minimum Gasteiger partial charge on any atom is -0.300 e. The molecule has 0 saturated carbocycles. The van der Waals surface area contributed by atoms with Gasteiger partial charge in [0.15, 0.2) is 0 Å². The predicted molar refractivity (Wildman–Crippen MR) is 76.2 cm³/mol. The van der Waals surface area contributed by atoms with Gasteiger partial charge >= 0.3 is 0 Å². The standard InChI is InChI=1S/C16H30O/c1-6-10-14(8-3)16(11-7-2)13(5)12-15(17)9-4/h13H,6-12H2,1-5H3/b16-14+. The molecule has 0 aromatic rings. The molecule has 100 valence electrons. The minimum atomic E-state index is 0.401. The third-order valence-electron chi connectivity index (χ3n) is 3.48. The lowest BCUT2D eigenvalue weighted by Crippen LogP contribution is -2.09. The Morgan fingerprint density at radius 1 is 0.941 bits per heavy atom. The van der Waals surface area contributed by atoms with E-state index in [9.17, 15) is 4.79 Å². The van der Waals surface area contributed by atoms with Crippen LogP contribution in [-0.4, -0.2) is 5.78 Å². The lowest BCUT2D eigenvalue weighted by molar-refractivity contribution is -0.119. The number of carbonyl (C=O) groups excluding carboxylic acids is 1. The first-order valence-corrected chi connectivity index (χ1v) is 7.32. The number of rotatable bonds is 9. The second kappa shape index (κ2) is 9.44. The Hall–Kier alpha value is -0.590. The molecule has 0 rings (SSSR count). The van der Waals surface area contributed by atoms with E-state index in [0.29, 0.717) is 18.1 Å². The summed E-state index contributed by atoms with van der Waals surface area (Å²) < 4.78 is 0. The van der Waals surface area contributed by atoms with E-state index in [1.807, 2.05) is 6.92 Å². The van der Waals surface area contributed by atoms with Crippen molar-refractivity contribution in [3.63, 3.8) is 0 Å². The Morgan fingerprint density at radius 2 is 1.53 bits per heavy atom. The van der Waals surface area contributed by atoms with E-state index >= 15 is 0 Å². The van der Waals surface area contributed by atoms with E-state index < -0.39 is 0 Å². The molecule has 1 atom stereocenters. The molecule has 0 aliphatic rings. The summed E-state index contributed by atoms with van der Waals surface area (Å²) in [6, 6.07) is 0. The third kappa shape index (κ3) is 6.05. The van der Waals surface area contributed by atoms with Gasteiger partial charge in [0.1, 0.15) is 5.78 Å². The second-order valence-corrected chi connectivity index (χ2v) is 4.98. The molecule has 0 bridgehead atoms. The molecule has 0 aromatic heterocycles. The molecule has 0 aliphatic carbocycles. The fourth-order valence-corrected chi connectivity index (χ4v) is 2.52. The van der Waals surface area contributed by atoms with Crippen LogP contribution in [0.2, 0.25) is 0 Å². The third-order valence-corrected chi connectivity index (χ3v) is 3.48. The van der Waals surface area contributed by atoms with Gasteiger partial charge in [-0.05, 0) is 25.2 Å². The van der Waals surface area contributed by atoms with E-state index in [2.05, 4.69) is 27.7 Å². The quantitative estimate of drug-likeness (QED) is 0.498. The first-order chi connectivity index (χ1) is 8.10. The molecule has 1 unspecified atom stereocenters. The summed E-state index contributed by atoms with van der Waals surface area (Å²) in [4.78, 5) is 11.6. The summed E-state index contributed by atoms with van der Waals surface area (Å²) in [6.07, 6.45) is 7.34. The van der Waals surface area contributed by atoms with Crippen molar-refractivity contribution >= 4 is 5.78 Å². The van der Waals surface area contributed by atoms with Gasteiger partial charge in [-0.2, -0.15) is 0 Å². The highest BCUT2D eigenvalue weighted by Gasteiger charge is 2.15.